The molecule has 0 radical (unpaired) electrons. The summed E-state index contributed by atoms with van der Waals surface area (Å²) in [6, 6.07) is 11.9. The molecule has 1 spiro atoms. The van der Waals surface area contributed by atoms with Crippen LogP contribution in [0.2, 0.25) is 5.02 Å². The van der Waals surface area contributed by atoms with Crippen molar-refractivity contribution in [2.24, 2.45) is 5.92 Å². The highest BCUT2D eigenvalue weighted by atomic mass is 35.5. The molecular weight excluding hydrogens is 484 g/mol. The van der Waals surface area contributed by atoms with Crippen molar-refractivity contribution in [3.63, 3.8) is 0 Å². The highest BCUT2D eigenvalue weighted by Crippen LogP contribution is 2.45. The zero-order chi connectivity index (χ0) is 24.4. The van der Waals surface area contributed by atoms with Crippen LogP contribution in [0.5, 0.6) is 5.75 Å². The summed E-state index contributed by atoms with van der Waals surface area (Å²) in [4.78, 5) is 14.6. The highest BCUT2D eigenvalue weighted by molar-refractivity contribution is 7.79. The molecular formula is C27H32ClN2O4S-. The Hall–Kier alpha value is -2.09. The summed E-state index contributed by atoms with van der Waals surface area (Å²) >= 11 is 3.92. The molecule has 35 heavy (non-hydrogen) atoms. The van der Waals surface area contributed by atoms with E-state index in [1.54, 1.807) is 6.07 Å². The Morgan fingerprint density at radius 3 is 2.80 bits per heavy atom. The van der Waals surface area contributed by atoms with Crippen molar-refractivity contribution in [1.82, 2.24) is 0 Å². The fraction of sp³-hybridized carbons (Fsp3) is 0.519. The van der Waals surface area contributed by atoms with Crippen LogP contribution in [0.3, 0.4) is 0 Å². The van der Waals surface area contributed by atoms with E-state index in [9.17, 15) is 13.6 Å². The van der Waals surface area contributed by atoms with Gasteiger partial charge < -0.3 is 19.5 Å². The standard InChI is InChI=1S/C27H33ClN2O4S/c28-21-8-10-23-20(13-21)7-4-12-27(23)17-30(15-19-5-2-1-3-6-19)24-14-22(9-11-25(24)34-18-27)29-26(31)16-35(32)33/h8-11,13-14,19H,1-7,12,15-18H2,(H,29,31)(H,32,33)/p-1. The van der Waals surface area contributed by atoms with Crippen LogP contribution in [0, 0.1) is 5.92 Å². The third kappa shape index (κ3) is 5.52. The fourth-order valence-corrected chi connectivity index (χ4v) is 6.66. The van der Waals surface area contributed by atoms with E-state index in [2.05, 4.69) is 22.3 Å². The molecule has 5 rings (SSSR count). The normalized spacial score (nSPS) is 23.1. The Morgan fingerprint density at radius 1 is 1.17 bits per heavy atom. The largest absolute Gasteiger partial charge is 0.772 e. The Morgan fingerprint density at radius 2 is 2.00 bits per heavy atom. The van der Waals surface area contributed by atoms with Crippen molar-refractivity contribution in [3.8, 4) is 5.75 Å². The van der Waals surface area contributed by atoms with Crippen LogP contribution < -0.4 is 15.0 Å². The molecule has 2 aromatic carbocycles. The molecule has 0 aromatic heterocycles. The molecule has 0 bridgehead atoms. The molecule has 2 unspecified atom stereocenters. The van der Waals surface area contributed by atoms with Gasteiger partial charge in [-0.15, -0.1) is 0 Å². The average molecular weight is 516 g/mol. The van der Waals surface area contributed by atoms with Crippen molar-refractivity contribution >= 4 is 40.0 Å². The van der Waals surface area contributed by atoms with Gasteiger partial charge in [0.2, 0.25) is 5.91 Å². The van der Waals surface area contributed by atoms with Gasteiger partial charge in [0.25, 0.3) is 0 Å². The predicted molar refractivity (Wildman–Crippen MR) is 139 cm³/mol. The predicted octanol–water partition coefficient (Wildman–Crippen LogP) is 5.21. The van der Waals surface area contributed by atoms with Gasteiger partial charge in [0.1, 0.15) is 5.75 Å². The minimum atomic E-state index is -2.42. The number of hydrogen-bond donors (Lipinski definition) is 1. The quantitative estimate of drug-likeness (QED) is 0.553. The van der Waals surface area contributed by atoms with E-state index in [0.717, 1.165) is 48.8 Å². The summed E-state index contributed by atoms with van der Waals surface area (Å²) in [6.45, 7) is 2.38. The summed E-state index contributed by atoms with van der Waals surface area (Å²) in [5.74, 6) is 0.341. The molecule has 2 atom stereocenters. The molecule has 188 valence electrons. The van der Waals surface area contributed by atoms with Crippen molar-refractivity contribution in [1.29, 1.82) is 0 Å². The van der Waals surface area contributed by atoms with Gasteiger partial charge in [-0.05, 0) is 90.6 Å². The van der Waals surface area contributed by atoms with Gasteiger partial charge >= 0.3 is 0 Å². The van der Waals surface area contributed by atoms with E-state index < -0.39 is 22.7 Å². The average Bonchev–Trinajstić information content (AvgIpc) is 2.97. The van der Waals surface area contributed by atoms with Gasteiger partial charge in [-0.2, -0.15) is 0 Å². The molecule has 3 aliphatic rings. The van der Waals surface area contributed by atoms with Crippen molar-refractivity contribution in [2.45, 2.75) is 56.8 Å². The van der Waals surface area contributed by atoms with Gasteiger partial charge in [-0.3, -0.25) is 9.00 Å². The van der Waals surface area contributed by atoms with Crippen LogP contribution in [-0.4, -0.2) is 40.1 Å². The molecule has 1 aliphatic heterocycles. The Balaban J connectivity index is 1.49. The fourth-order valence-electron chi connectivity index (χ4n) is 6.18. The van der Waals surface area contributed by atoms with Crippen LogP contribution in [0.1, 0.15) is 56.1 Å². The van der Waals surface area contributed by atoms with Gasteiger partial charge in [-0.1, -0.05) is 36.9 Å². The first-order chi connectivity index (χ1) is 16.9. The molecule has 1 saturated carbocycles. The van der Waals surface area contributed by atoms with Gasteiger partial charge in [0.05, 0.1) is 18.0 Å². The molecule has 0 saturated heterocycles. The van der Waals surface area contributed by atoms with E-state index in [4.69, 9.17) is 16.3 Å². The van der Waals surface area contributed by atoms with Gasteiger partial charge in [-0.25, -0.2) is 0 Å². The summed E-state index contributed by atoms with van der Waals surface area (Å²) in [7, 11) is 0. The number of halogens is 1. The number of ether oxygens (including phenoxy) is 1. The van der Waals surface area contributed by atoms with E-state index in [-0.39, 0.29) is 5.41 Å². The van der Waals surface area contributed by atoms with Crippen molar-refractivity contribution < 1.29 is 18.3 Å². The van der Waals surface area contributed by atoms with E-state index in [1.165, 1.54) is 43.2 Å². The molecule has 1 fully saturated rings. The summed E-state index contributed by atoms with van der Waals surface area (Å²) in [6.07, 6.45) is 9.51. The lowest BCUT2D eigenvalue weighted by molar-refractivity contribution is -0.113. The second-order valence-corrected chi connectivity index (χ2v) is 11.6. The molecule has 1 amide bonds. The number of rotatable bonds is 5. The summed E-state index contributed by atoms with van der Waals surface area (Å²) in [5, 5.41) is 3.51. The molecule has 2 aromatic rings. The first-order valence-electron chi connectivity index (χ1n) is 12.6. The number of aryl methyl sites for hydroxylation is 1. The molecule has 1 N–H and O–H groups in total. The maximum Gasteiger partial charge on any atom is 0.235 e. The first kappa shape index (κ1) is 24.6. The topological polar surface area (TPSA) is 81.7 Å². The van der Waals surface area contributed by atoms with Crippen LogP contribution in [0.15, 0.2) is 36.4 Å². The van der Waals surface area contributed by atoms with Gasteiger partial charge in [0.15, 0.2) is 0 Å². The number of carbonyl (C=O) groups excluding carboxylic acids is 1. The zero-order valence-corrected chi connectivity index (χ0v) is 21.5. The summed E-state index contributed by atoms with van der Waals surface area (Å²) in [5.41, 5.74) is 4.07. The summed E-state index contributed by atoms with van der Waals surface area (Å²) < 4.78 is 28.4. The van der Waals surface area contributed by atoms with E-state index in [0.29, 0.717) is 18.2 Å². The SMILES string of the molecule is O=C(CS(=O)[O-])Nc1ccc2c(c1)N(CC1CCCCC1)CC1(CCCc3cc(Cl)ccc31)CO2. The lowest BCUT2D eigenvalue weighted by atomic mass is 9.70. The minimum absolute atomic E-state index is 0.130. The second kappa shape index (κ2) is 10.5. The maximum atomic E-state index is 12.1. The Bertz CT molecular complexity index is 1120. The van der Waals surface area contributed by atoms with Crippen LogP contribution in [0.25, 0.3) is 0 Å². The van der Waals surface area contributed by atoms with Crippen molar-refractivity contribution in [3.05, 3.63) is 52.5 Å². The molecule has 2 aliphatic carbocycles. The van der Waals surface area contributed by atoms with Gasteiger partial charge in [0, 0.05) is 29.2 Å². The zero-order valence-electron chi connectivity index (χ0n) is 19.9. The van der Waals surface area contributed by atoms with E-state index >= 15 is 0 Å². The lowest BCUT2D eigenvalue weighted by Gasteiger charge is -2.42. The number of carbonyl (C=O) groups is 1. The number of nitrogens with zero attached hydrogens (tertiary/aromatic N) is 1. The molecule has 1 heterocycles. The second-order valence-electron chi connectivity index (χ2n) is 10.3. The number of anilines is 2. The van der Waals surface area contributed by atoms with Crippen LogP contribution in [-0.2, 0) is 27.7 Å². The number of hydrogen-bond acceptors (Lipinski definition) is 5. The van der Waals surface area contributed by atoms with Crippen LogP contribution >= 0.6 is 11.6 Å². The smallest absolute Gasteiger partial charge is 0.235 e. The third-order valence-corrected chi connectivity index (χ3v) is 8.51. The highest BCUT2D eigenvalue weighted by Gasteiger charge is 2.42. The minimum Gasteiger partial charge on any atom is -0.772 e. The molecule has 8 heteroatoms. The lowest BCUT2D eigenvalue weighted by Crippen LogP contribution is -2.47. The number of benzene rings is 2. The third-order valence-electron chi connectivity index (χ3n) is 7.77. The number of nitrogens with one attached hydrogen (secondary N) is 1. The Kier molecular flexibility index (Phi) is 7.37. The maximum absolute atomic E-state index is 12.1. The number of amides is 1. The monoisotopic (exact) mass is 515 g/mol. The Labute approximate surface area is 214 Å². The van der Waals surface area contributed by atoms with Crippen molar-refractivity contribution in [2.75, 3.05) is 35.7 Å². The first-order valence-corrected chi connectivity index (χ1v) is 14.2. The van der Waals surface area contributed by atoms with Crippen LogP contribution in [0.4, 0.5) is 11.4 Å². The number of fused-ring (bicyclic) bond motifs is 3. The molecule has 6 nitrogen and oxygen atoms in total. The van der Waals surface area contributed by atoms with E-state index in [1.807, 2.05) is 18.2 Å².